The number of aryl methyl sites for hydroxylation is 1. The van der Waals surface area contributed by atoms with E-state index in [1.165, 1.54) is 11.1 Å². The molecule has 1 atom stereocenters. The summed E-state index contributed by atoms with van der Waals surface area (Å²) in [7, 11) is 0. The van der Waals surface area contributed by atoms with Crippen molar-refractivity contribution in [2.45, 2.75) is 40.5 Å². The Labute approximate surface area is 105 Å². The van der Waals surface area contributed by atoms with Gasteiger partial charge < -0.3 is 4.74 Å². The third-order valence-electron chi connectivity index (χ3n) is 2.79. The Bertz CT molecular complexity index is 409. The van der Waals surface area contributed by atoms with E-state index in [-0.39, 0.29) is 0 Å². The molecule has 0 saturated carbocycles. The Hall–Kier alpha value is -1.42. The van der Waals surface area contributed by atoms with Crippen LogP contribution in [0.1, 0.15) is 38.8 Å². The highest BCUT2D eigenvalue weighted by Crippen LogP contribution is 2.21. The number of ether oxygens (including phenoxy) is 1. The summed E-state index contributed by atoms with van der Waals surface area (Å²) in [5, 5.41) is 0. The standard InChI is InChI=1S/C16H22O/c1-5-8-13(4)11-15-9-10-16(17-7-3)12-14(15)6-2/h9-10,12-13H,6-7,11H2,1-4H3. The van der Waals surface area contributed by atoms with Gasteiger partial charge in [0.05, 0.1) is 6.61 Å². The molecule has 1 nitrogen and oxygen atoms in total. The number of benzene rings is 1. The average Bonchev–Trinajstić information content (AvgIpc) is 2.31. The molecule has 0 fully saturated rings. The van der Waals surface area contributed by atoms with E-state index in [9.17, 15) is 0 Å². The molecule has 0 radical (unpaired) electrons. The van der Waals surface area contributed by atoms with Crippen molar-refractivity contribution >= 4 is 0 Å². The van der Waals surface area contributed by atoms with Gasteiger partial charge in [-0.1, -0.05) is 19.9 Å². The van der Waals surface area contributed by atoms with Crippen LogP contribution in [0.5, 0.6) is 5.75 Å². The maximum atomic E-state index is 5.53. The van der Waals surface area contributed by atoms with Crippen molar-refractivity contribution in [3.8, 4) is 17.6 Å². The summed E-state index contributed by atoms with van der Waals surface area (Å²) in [5.74, 6) is 7.58. The fourth-order valence-corrected chi connectivity index (χ4v) is 2.01. The Morgan fingerprint density at radius 2 is 2.00 bits per heavy atom. The first kappa shape index (κ1) is 13.6. The van der Waals surface area contributed by atoms with Crippen LogP contribution in [0.3, 0.4) is 0 Å². The van der Waals surface area contributed by atoms with Crippen molar-refractivity contribution in [2.75, 3.05) is 6.61 Å². The molecular weight excluding hydrogens is 208 g/mol. The predicted molar refractivity (Wildman–Crippen MR) is 73.3 cm³/mol. The van der Waals surface area contributed by atoms with Crippen molar-refractivity contribution in [3.63, 3.8) is 0 Å². The lowest BCUT2D eigenvalue weighted by Gasteiger charge is -2.12. The first-order chi connectivity index (χ1) is 8.21. The van der Waals surface area contributed by atoms with Crippen LogP contribution in [-0.4, -0.2) is 6.61 Å². The molecule has 0 aliphatic carbocycles. The van der Waals surface area contributed by atoms with E-state index >= 15 is 0 Å². The first-order valence-corrected chi connectivity index (χ1v) is 6.38. The lowest BCUT2D eigenvalue weighted by atomic mass is 9.95. The van der Waals surface area contributed by atoms with Crippen molar-refractivity contribution in [1.29, 1.82) is 0 Å². The van der Waals surface area contributed by atoms with Crippen LogP contribution in [0.4, 0.5) is 0 Å². The quantitative estimate of drug-likeness (QED) is 0.698. The number of hydrogen-bond donors (Lipinski definition) is 0. The Balaban J connectivity index is 2.87. The van der Waals surface area contributed by atoms with Crippen molar-refractivity contribution in [1.82, 2.24) is 0 Å². The van der Waals surface area contributed by atoms with Crippen LogP contribution in [0.25, 0.3) is 0 Å². The van der Waals surface area contributed by atoms with E-state index in [1.54, 1.807) is 0 Å². The highest BCUT2D eigenvalue weighted by atomic mass is 16.5. The van der Waals surface area contributed by atoms with E-state index in [4.69, 9.17) is 4.74 Å². The summed E-state index contributed by atoms with van der Waals surface area (Å²) in [6, 6.07) is 6.40. The molecule has 0 N–H and O–H groups in total. The predicted octanol–water partition coefficient (Wildman–Crippen LogP) is 3.85. The summed E-state index contributed by atoms with van der Waals surface area (Å²) in [5.41, 5.74) is 2.77. The van der Waals surface area contributed by atoms with E-state index in [2.05, 4.69) is 43.9 Å². The summed E-state index contributed by atoms with van der Waals surface area (Å²) in [6.07, 6.45) is 2.07. The van der Waals surface area contributed by atoms with Gasteiger partial charge in [0.1, 0.15) is 5.75 Å². The molecule has 0 saturated heterocycles. The third kappa shape index (κ3) is 4.15. The Kier molecular flexibility index (Phi) is 5.63. The molecular formula is C16H22O. The second-order valence-corrected chi connectivity index (χ2v) is 4.22. The summed E-state index contributed by atoms with van der Waals surface area (Å²) < 4.78 is 5.53. The first-order valence-electron chi connectivity index (χ1n) is 6.38. The summed E-state index contributed by atoms with van der Waals surface area (Å²) in [6.45, 7) is 8.99. The monoisotopic (exact) mass is 230 g/mol. The van der Waals surface area contributed by atoms with E-state index in [1.807, 2.05) is 13.8 Å². The van der Waals surface area contributed by atoms with Gasteiger partial charge in [-0.3, -0.25) is 0 Å². The Morgan fingerprint density at radius 1 is 1.24 bits per heavy atom. The van der Waals surface area contributed by atoms with Crippen LogP contribution in [0.2, 0.25) is 0 Å². The number of hydrogen-bond acceptors (Lipinski definition) is 1. The zero-order chi connectivity index (χ0) is 12.7. The van der Waals surface area contributed by atoms with Gasteiger partial charge in [-0.15, -0.1) is 11.8 Å². The zero-order valence-corrected chi connectivity index (χ0v) is 11.3. The maximum absolute atomic E-state index is 5.53. The second kappa shape index (κ2) is 7.01. The smallest absolute Gasteiger partial charge is 0.119 e. The van der Waals surface area contributed by atoms with Crippen LogP contribution in [0.15, 0.2) is 18.2 Å². The lowest BCUT2D eigenvalue weighted by molar-refractivity contribution is 0.340. The molecule has 17 heavy (non-hydrogen) atoms. The molecule has 0 aliphatic heterocycles. The van der Waals surface area contributed by atoms with Crippen LogP contribution >= 0.6 is 0 Å². The van der Waals surface area contributed by atoms with Gasteiger partial charge in [-0.05, 0) is 49.9 Å². The van der Waals surface area contributed by atoms with Gasteiger partial charge >= 0.3 is 0 Å². The topological polar surface area (TPSA) is 9.23 Å². The van der Waals surface area contributed by atoms with Crippen molar-refractivity contribution in [3.05, 3.63) is 29.3 Å². The molecule has 1 unspecified atom stereocenters. The minimum absolute atomic E-state index is 0.420. The molecule has 0 spiro atoms. The van der Waals surface area contributed by atoms with Crippen LogP contribution in [0, 0.1) is 17.8 Å². The normalized spacial score (nSPS) is 11.5. The largest absolute Gasteiger partial charge is 0.494 e. The molecule has 92 valence electrons. The van der Waals surface area contributed by atoms with E-state index < -0.39 is 0 Å². The van der Waals surface area contributed by atoms with Gasteiger partial charge in [-0.2, -0.15) is 0 Å². The van der Waals surface area contributed by atoms with Crippen molar-refractivity contribution < 1.29 is 4.74 Å². The minimum atomic E-state index is 0.420. The SMILES string of the molecule is CC#CC(C)Cc1ccc(OCC)cc1CC. The average molecular weight is 230 g/mol. The second-order valence-electron chi connectivity index (χ2n) is 4.22. The van der Waals surface area contributed by atoms with Crippen LogP contribution < -0.4 is 4.74 Å². The van der Waals surface area contributed by atoms with Crippen LogP contribution in [-0.2, 0) is 12.8 Å². The van der Waals surface area contributed by atoms with Gasteiger partial charge in [0.2, 0.25) is 0 Å². The van der Waals surface area contributed by atoms with Gasteiger partial charge in [0, 0.05) is 5.92 Å². The number of rotatable bonds is 5. The van der Waals surface area contributed by atoms with Gasteiger partial charge in [0.15, 0.2) is 0 Å². The molecule has 0 amide bonds. The van der Waals surface area contributed by atoms with E-state index in [0.29, 0.717) is 5.92 Å². The van der Waals surface area contributed by atoms with Gasteiger partial charge in [-0.25, -0.2) is 0 Å². The van der Waals surface area contributed by atoms with Crippen molar-refractivity contribution in [2.24, 2.45) is 5.92 Å². The zero-order valence-electron chi connectivity index (χ0n) is 11.3. The summed E-state index contributed by atoms with van der Waals surface area (Å²) >= 11 is 0. The maximum Gasteiger partial charge on any atom is 0.119 e. The molecule has 1 aromatic carbocycles. The highest BCUT2D eigenvalue weighted by Gasteiger charge is 2.06. The fourth-order valence-electron chi connectivity index (χ4n) is 2.01. The highest BCUT2D eigenvalue weighted by molar-refractivity contribution is 5.36. The molecule has 1 rings (SSSR count). The Morgan fingerprint density at radius 3 is 2.59 bits per heavy atom. The molecule has 1 heteroatoms. The third-order valence-corrected chi connectivity index (χ3v) is 2.79. The molecule has 0 aliphatic rings. The minimum Gasteiger partial charge on any atom is -0.494 e. The molecule has 0 heterocycles. The lowest BCUT2D eigenvalue weighted by Crippen LogP contribution is -2.01. The molecule has 0 bridgehead atoms. The molecule has 0 aromatic heterocycles. The van der Waals surface area contributed by atoms with Gasteiger partial charge in [0.25, 0.3) is 0 Å². The molecule has 1 aromatic rings. The fraction of sp³-hybridized carbons (Fsp3) is 0.500. The van der Waals surface area contributed by atoms with E-state index in [0.717, 1.165) is 25.2 Å². The summed E-state index contributed by atoms with van der Waals surface area (Å²) in [4.78, 5) is 0.